The van der Waals surface area contributed by atoms with E-state index in [1.54, 1.807) is 7.11 Å². The summed E-state index contributed by atoms with van der Waals surface area (Å²) in [5, 5.41) is 2.94. The molecule has 26 heavy (non-hydrogen) atoms. The van der Waals surface area contributed by atoms with Gasteiger partial charge in [0, 0.05) is 12.1 Å². The lowest BCUT2D eigenvalue weighted by Crippen LogP contribution is -2.37. The van der Waals surface area contributed by atoms with Crippen LogP contribution < -0.4 is 14.8 Å². The van der Waals surface area contributed by atoms with Crippen LogP contribution in [0.5, 0.6) is 11.5 Å². The molecule has 2 aromatic carbocycles. The molecular formula is C22H29NO3. The van der Waals surface area contributed by atoms with Gasteiger partial charge in [0.25, 0.3) is 5.91 Å². The van der Waals surface area contributed by atoms with Crippen LogP contribution in [0.25, 0.3) is 0 Å². The fourth-order valence-corrected chi connectivity index (χ4v) is 2.67. The maximum Gasteiger partial charge on any atom is 0.261 e. The zero-order valence-corrected chi connectivity index (χ0v) is 16.3. The number of para-hydroxylation sites is 1. The van der Waals surface area contributed by atoms with E-state index >= 15 is 0 Å². The number of carbonyl (C=O) groups is 1. The minimum absolute atomic E-state index is 0.0921. The number of rotatable bonds is 7. The Balaban J connectivity index is 1.98. The highest BCUT2D eigenvalue weighted by Gasteiger charge is 2.19. The molecule has 0 aliphatic carbocycles. The zero-order chi connectivity index (χ0) is 19.2. The van der Waals surface area contributed by atoms with Gasteiger partial charge in [-0.05, 0) is 35.6 Å². The molecule has 2 rings (SSSR count). The molecule has 1 atom stereocenters. The summed E-state index contributed by atoms with van der Waals surface area (Å²) in [6, 6.07) is 15.6. The molecule has 1 N–H and O–H groups in total. The summed E-state index contributed by atoms with van der Waals surface area (Å²) in [6.07, 6.45) is 0.0730. The van der Waals surface area contributed by atoms with Gasteiger partial charge in [0.05, 0.1) is 7.11 Å². The second-order valence-corrected chi connectivity index (χ2v) is 7.32. The number of hydrogen-bond donors (Lipinski definition) is 1. The van der Waals surface area contributed by atoms with E-state index in [4.69, 9.17) is 9.47 Å². The molecule has 0 saturated carbocycles. The highest BCUT2D eigenvalue weighted by atomic mass is 16.5. The number of hydrogen-bond acceptors (Lipinski definition) is 3. The summed E-state index contributed by atoms with van der Waals surface area (Å²) in [7, 11) is 1.62. The Morgan fingerprint density at radius 2 is 1.73 bits per heavy atom. The highest BCUT2D eigenvalue weighted by molar-refractivity contribution is 5.81. The Bertz CT molecular complexity index is 717. The van der Waals surface area contributed by atoms with Crippen LogP contribution in [-0.2, 0) is 16.8 Å². The predicted octanol–water partition coefficient (Wildman–Crippen LogP) is 4.47. The van der Waals surface area contributed by atoms with Crippen molar-refractivity contribution in [2.45, 2.75) is 52.2 Å². The number of ether oxygens (including phenoxy) is 2. The number of methoxy groups -OCH3 is 1. The van der Waals surface area contributed by atoms with Gasteiger partial charge in [0.2, 0.25) is 0 Å². The molecule has 0 aromatic heterocycles. The Labute approximate surface area is 156 Å². The van der Waals surface area contributed by atoms with E-state index in [2.05, 4.69) is 38.2 Å². The molecule has 0 bridgehead atoms. The lowest BCUT2D eigenvalue weighted by atomic mass is 9.87. The normalized spacial score (nSPS) is 12.3. The standard InChI is InChI=1S/C22H29NO3/c1-6-19(26-18-13-11-17(12-14-18)22(2,3)4)21(24)23-15-16-9-7-8-10-20(16)25-5/h7-14,19H,6,15H2,1-5H3,(H,23,24)/t19-/m1/s1. The quantitative estimate of drug-likeness (QED) is 0.797. The van der Waals surface area contributed by atoms with Crippen LogP contribution in [0.1, 0.15) is 45.2 Å². The lowest BCUT2D eigenvalue weighted by Gasteiger charge is -2.21. The maximum atomic E-state index is 12.5. The van der Waals surface area contributed by atoms with Gasteiger partial charge in [-0.15, -0.1) is 0 Å². The van der Waals surface area contributed by atoms with E-state index in [0.717, 1.165) is 11.3 Å². The Morgan fingerprint density at radius 3 is 2.31 bits per heavy atom. The van der Waals surface area contributed by atoms with Gasteiger partial charge in [0.15, 0.2) is 6.10 Å². The second-order valence-electron chi connectivity index (χ2n) is 7.32. The van der Waals surface area contributed by atoms with Crippen molar-refractivity contribution in [1.29, 1.82) is 0 Å². The third-order valence-electron chi connectivity index (χ3n) is 4.31. The summed E-state index contributed by atoms with van der Waals surface area (Å²) in [5.41, 5.74) is 2.26. The molecule has 0 spiro atoms. The summed E-state index contributed by atoms with van der Waals surface area (Å²) >= 11 is 0. The minimum atomic E-state index is -0.523. The molecule has 1 amide bonds. The monoisotopic (exact) mass is 355 g/mol. The van der Waals surface area contributed by atoms with Crippen LogP contribution in [0.15, 0.2) is 48.5 Å². The van der Waals surface area contributed by atoms with Crippen LogP contribution in [0.4, 0.5) is 0 Å². The minimum Gasteiger partial charge on any atom is -0.496 e. The van der Waals surface area contributed by atoms with E-state index in [1.165, 1.54) is 5.56 Å². The van der Waals surface area contributed by atoms with Crippen LogP contribution in [0.2, 0.25) is 0 Å². The van der Waals surface area contributed by atoms with Crippen molar-refractivity contribution >= 4 is 5.91 Å². The summed E-state index contributed by atoms with van der Waals surface area (Å²) < 4.78 is 11.2. The molecule has 0 unspecified atom stereocenters. The van der Waals surface area contributed by atoms with Crippen LogP contribution >= 0.6 is 0 Å². The molecule has 0 fully saturated rings. The molecule has 0 aliphatic heterocycles. The first-order chi connectivity index (χ1) is 12.3. The molecule has 4 nitrogen and oxygen atoms in total. The third kappa shape index (κ3) is 5.25. The van der Waals surface area contributed by atoms with Crippen molar-refractivity contribution in [3.8, 4) is 11.5 Å². The van der Waals surface area contributed by atoms with Gasteiger partial charge < -0.3 is 14.8 Å². The topological polar surface area (TPSA) is 47.6 Å². The summed E-state index contributed by atoms with van der Waals surface area (Å²) in [4.78, 5) is 12.5. The van der Waals surface area contributed by atoms with E-state index in [1.807, 2.05) is 43.3 Å². The number of carbonyl (C=O) groups excluding carboxylic acids is 1. The first-order valence-electron chi connectivity index (χ1n) is 9.02. The molecule has 4 heteroatoms. The maximum absolute atomic E-state index is 12.5. The molecular weight excluding hydrogens is 326 g/mol. The van der Waals surface area contributed by atoms with Gasteiger partial charge in [-0.1, -0.05) is 58.0 Å². The number of amides is 1. The average molecular weight is 355 g/mol. The Morgan fingerprint density at radius 1 is 1.08 bits per heavy atom. The second kappa shape index (κ2) is 8.75. The lowest BCUT2D eigenvalue weighted by molar-refractivity contribution is -0.128. The van der Waals surface area contributed by atoms with E-state index in [9.17, 15) is 4.79 Å². The molecule has 0 heterocycles. The Kier molecular flexibility index (Phi) is 6.67. The molecule has 2 aromatic rings. The van der Waals surface area contributed by atoms with Crippen LogP contribution in [0, 0.1) is 0 Å². The van der Waals surface area contributed by atoms with Crippen molar-refractivity contribution in [3.63, 3.8) is 0 Å². The molecule has 0 radical (unpaired) electrons. The van der Waals surface area contributed by atoms with Crippen LogP contribution in [0.3, 0.4) is 0 Å². The Hall–Kier alpha value is -2.49. The van der Waals surface area contributed by atoms with Crippen molar-refractivity contribution in [1.82, 2.24) is 5.32 Å². The van der Waals surface area contributed by atoms with Gasteiger partial charge in [-0.3, -0.25) is 4.79 Å². The van der Waals surface area contributed by atoms with Crippen molar-refractivity contribution in [3.05, 3.63) is 59.7 Å². The summed E-state index contributed by atoms with van der Waals surface area (Å²) in [5.74, 6) is 1.34. The smallest absolute Gasteiger partial charge is 0.261 e. The third-order valence-corrected chi connectivity index (χ3v) is 4.31. The molecule has 140 valence electrons. The van der Waals surface area contributed by atoms with Crippen LogP contribution in [-0.4, -0.2) is 19.1 Å². The highest BCUT2D eigenvalue weighted by Crippen LogP contribution is 2.25. The van der Waals surface area contributed by atoms with Crippen molar-refractivity contribution < 1.29 is 14.3 Å². The van der Waals surface area contributed by atoms with Gasteiger partial charge in [0.1, 0.15) is 11.5 Å². The molecule has 0 saturated heterocycles. The largest absolute Gasteiger partial charge is 0.496 e. The van der Waals surface area contributed by atoms with Gasteiger partial charge >= 0.3 is 0 Å². The summed E-state index contributed by atoms with van der Waals surface area (Å²) in [6.45, 7) is 8.86. The fraction of sp³-hybridized carbons (Fsp3) is 0.409. The number of nitrogens with one attached hydrogen (secondary N) is 1. The number of benzene rings is 2. The predicted molar refractivity (Wildman–Crippen MR) is 105 cm³/mol. The van der Waals surface area contributed by atoms with E-state index < -0.39 is 6.10 Å². The van der Waals surface area contributed by atoms with Gasteiger partial charge in [-0.25, -0.2) is 0 Å². The van der Waals surface area contributed by atoms with E-state index in [0.29, 0.717) is 18.7 Å². The first kappa shape index (κ1) is 19.8. The zero-order valence-electron chi connectivity index (χ0n) is 16.3. The van der Waals surface area contributed by atoms with Crippen molar-refractivity contribution in [2.24, 2.45) is 0 Å². The first-order valence-corrected chi connectivity index (χ1v) is 9.02. The average Bonchev–Trinajstić information content (AvgIpc) is 2.64. The van der Waals surface area contributed by atoms with Gasteiger partial charge in [-0.2, -0.15) is 0 Å². The fourth-order valence-electron chi connectivity index (χ4n) is 2.67. The van der Waals surface area contributed by atoms with E-state index in [-0.39, 0.29) is 11.3 Å². The molecule has 0 aliphatic rings. The SMILES string of the molecule is CC[C@@H](Oc1ccc(C(C)(C)C)cc1)C(=O)NCc1ccccc1OC. The van der Waals surface area contributed by atoms with Crippen molar-refractivity contribution in [2.75, 3.05) is 7.11 Å².